The highest BCUT2D eigenvalue weighted by Gasteiger charge is 2.31. The number of nitrogens with two attached hydrogens (primary N) is 1. The Labute approximate surface area is 169 Å². The molecule has 0 fully saturated rings. The van der Waals surface area contributed by atoms with E-state index in [1.54, 1.807) is 13.8 Å². The third-order valence-electron chi connectivity index (χ3n) is 4.05. The van der Waals surface area contributed by atoms with Crippen molar-refractivity contribution in [2.45, 2.75) is 65.1 Å². The number of nitrogens with one attached hydrogen (secondary N) is 3. The summed E-state index contributed by atoms with van der Waals surface area (Å²) >= 11 is 0. The third kappa shape index (κ3) is 10.4. The second-order valence-electron chi connectivity index (χ2n) is 7.52. The molecule has 0 rings (SSSR count). The largest absolute Gasteiger partial charge is 0.481 e. The Morgan fingerprint density at radius 1 is 0.862 bits per heavy atom. The van der Waals surface area contributed by atoms with Crippen molar-refractivity contribution in [3.8, 4) is 0 Å². The normalized spacial score (nSPS) is 14.0. The van der Waals surface area contributed by atoms with Gasteiger partial charge in [0.05, 0.1) is 6.54 Å². The Morgan fingerprint density at radius 2 is 1.45 bits per heavy atom. The Morgan fingerprint density at radius 3 is 1.86 bits per heavy atom. The highest BCUT2D eigenvalue weighted by atomic mass is 16.4. The van der Waals surface area contributed by atoms with Gasteiger partial charge in [-0.1, -0.05) is 27.7 Å². The van der Waals surface area contributed by atoms with Crippen LogP contribution in [0.5, 0.6) is 0 Å². The van der Waals surface area contributed by atoms with Crippen molar-refractivity contribution in [2.24, 2.45) is 17.6 Å². The maximum atomic E-state index is 12.6. The van der Waals surface area contributed by atoms with Crippen molar-refractivity contribution in [2.75, 3.05) is 6.54 Å². The lowest BCUT2D eigenvalue weighted by Gasteiger charge is -2.27. The minimum absolute atomic E-state index is 0.0718. The molecule has 0 radical (unpaired) electrons. The Balaban J connectivity index is 5.27. The van der Waals surface area contributed by atoms with Crippen molar-refractivity contribution in [3.63, 3.8) is 0 Å². The monoisotopic (exact) mass is 416 g/mol. The molecule has 0 aliphatic carbocycles. The summed E-state index contributed by atoms with van der Waals surface area (Å²) in [6.07, 6.45) is -0.407. The number of carboxylic acids is 2. The summed E-state index contributed by atoms with van der Waals surface area (Å²) in [7, 11) is 0. The summed E-state index contributed by atoms with van der Waals surface area (Å²) in [6.45, 7) is 6.75. The Kier molecular flexibility index (Phi) is 11.5. The van der Waals surface area contributed by atoms with Gasteiger partial charge in [-0.15, -0.1) is 0 Å². The first-order chi connectivity index (χ1) is 13.4. The molecule has 0 aromatic rings. The smallest absolute Gasteiger partial charge is 0.326 e. The summed E-state index contributed by atoms with van der Waals surface area (Å²) in [5.74, 6) is -4.74. The number of carbonyl (C=O) groups excluding carboxylic acids is 3. The van der Waals surface area contributed by atoms with Gasteiger partial charge in [0.15, 0.2) is 0 Å². The molecular weight excluding hydrogens is 384 g/mol. The molecule has 3 amide bonds. The zero-order chi connectivity index (χ0) is 22.7. The molecule has 0 bridgehead atoms. The van der Waals surface area contributed by atoms with Gasteiger partial charge in [0.25, 0.3) is 0 Å². The third-order valence-corrected chi connectivity index (χ3v) is 4.05. The van der Waals surface area contributed by atoms with Crippen LogP contribution in [0.2, 0.25) is 0 Å². The maximum absolute atomic E-state index is 12.6. The quantitative estimate of drug-likeness (QED) is 0.221. The molecule has 0 aliphatic rings. The van der Waals surface area contributed by atoms with Gasteiger partial charge in [-0.3, -0.25) is 19.2 Å². The van der Waals surface area contributed by atoms with Gasteiger partial charge in [0.2, 0.25) is 17.7 Å². The number of carboxylic acid groups (broad SMARTS) is 2. The van der Waals surface area contributed by atoms with Gasteiger partial charge in [-0.05, 0) is 24.7 Å². The summed E-state index contributed by atoms with van der Waals surface area (Å²) in [5.41, 5.74) is 5.28. The van der Waals surface area contributed by atoms with Crippen LogP contribution in [0.1, 0.15) is 47.0 Å². The van der Waals surface area contributed by atoms with E-state index in [1.165, 1.54) is 0 Å². The van der Waals surface area contributed by atoms with Crippen molar-refractivity contribution in [3.05, 3.63) is 0 Å². The van der Waals surface area contributed by atoms with Gasteiger partial charge < -0.3 is 31.9 Å². The lowest BCUT2D eigenvalue weighted by molar-refractivity contribution is -0.143. The molecule has 11 nitrogen and oxygen atoms in total. The van der Waals surface area contributed by atoms with Crippen LogP contribution in [0.15, 0.2) is 0 Å². The molecule has 0 heterocycles. The number of amides is 3. The van der Waals surface area contributed by atoms with Gasteiger partial charge in [0, 0.05) is 6.42 Å². The zero-order valence-electron chi connectivity index (χ0n) is 17.2. The van der Waals surface area contributed by atoms with Crippen LogP contribution < -0.4 is 21.7 Å². The summed E-state index contributed by atoms with van der Waals surface area (Å²) in [6, 6.07) is -3.37. The molecule has 0 aliphatic heterocycles. The van der Waals surface area contributed by atoms with Gasteiger partial charge in [-0.25, -0.2) is 4.79 Å². The SMILES string of the molecule is CC(C)CC(NC(=O)CN)C(=O)NC(C(=O)NC(CCC(=O)O)C(=O)O)C(C)C. The molecule has 0 aromatic carbocycles. The zero-order valence-corrected chi connectivity index (χ0v) is 17.2. The number of hydrogen-bond acceptors (Lipinski definition) is 6. The molecule has 7 N–H and O–H groups in total. The molecule has 166 valence electrons. The second-order valence-corrected chi connectivity index (χ2v) is 7.52. The Bertz CT molecular complexity index is 607. The lowest BCUT2D eigenvalue weighted by Crippen LogP contribution is -2.58. The second kappa shape index (κ2) is 12.7. The molecule has 0 aromatic heterocycles. The molecule has 3 atom stereocenters. The number of aliphatic carboxylic acids is 2. The average Bonchev–Trinajstić information content (AvgIpc) is 2.60. The van der Waals surface area contributed by atoms with E-state index >= 15 is 0 Å². The predicted molar refractivity (Wildman–Crippen MR) is 104 cm³/mol. The summed E-state index contributed by atoms with van der Waals surface area (Å²) in [4.78, 5) is 58.8. The molecular formula is C18H32N4O7. The van der Waals surface area contributed by atoms with E-state index in [1.807, 2.05) is 13.8 Å². The van der Waals surface area contributed by atoms with E-state index in [0.717, 1.165) is 0 Å². The van der Waals surface area contributed by atoms with Crippen LogP contribution in [-0.2, 0) is 24.0 Å². The van der Waals surface area contributed by atoms with Crippen LogP contribution in [-0.4, -0.2) is 64.5 Å². The standard InChI is InChI=1S/C18H32N4O7/c1-9(2)7-12(20-13(23)8-19)16(26)22-15(10(3)4)17(27)21-11(18(28)29)5-6-14(24)25/h9-12,15H,5-8,19H2,1-4H3,(H,20,23)(H,21,27)(H,22,26)(H,24,25)(H,28,29). The fourth-order valence-corrected chi connectivity index (χ4v) is 2.53. The molecule has 0 spiro atoms. The van der Waals surface area contributed by atoms with Crippen LogP contribution >= 0.6 is 0 Å². The van der Waals surface area contributed by atoms with Crippen LogP contribution in [0.4, 0.5) is 0 Å². The molecule has 0 saturated carbocycles. The van der Waals surface area contributed by atoms with Crippen LogP contribution in [0, 0.1) is 11.8 Å². The number of carbonyl (C=O) groups is 5. The van der Waals surface area contributed by atoms with E-state index in [4.69, 9.17) is 10.8 Å². The van der Waals surface area contributed by atoms with E-state index in [2.05, 4.69) is 16.0 Å². The molecule has 29 heavy (non-hydrogen) atoms. The van der Waals surface area contributed by atoms with E-state index in [9.17, 15) is 29.1 Å². The van der Waals surface area contributed by atoms with Gasteiger partial charge >= 0.3 is 11.9 Å². The lowest BCUT2D eigenvalue weighted by atomic mass is 9.99. The first-order valence-corrected chi connectivity index (χ1v) is 9.43. The highest BCUT2D eigenvalue weighted by molar-refractivity contribution is 5.93. The van der Waals surface area contributed by atoms with E-state index < -0.39 is 60.1 Å². The summed E-state index contributed by atoms with van der Waals surface area (Å²) in [5, 5.41) is 25.2. The first kappa shape index (κ1) is 26.3. The highest BCUT2D eigenvalue weighted by Crippen LogP contribution is 2.09. The Hall–Kier alpha value is -2.69. The first-order valence-electron chi connectivity index (χ1n) is 9.43. The van der Waals surface area contributed by atoms with E-state index in [0.29, 0.717) is 6.42 Å². The minimum Gasteiger partial charge on any atom is -0.481 e. The fraction of sp³-hybridized carbons (Fsp3) is 0.722. The molecule has 3 unspecified atom stereocenters. The summed E-state index contributed by atoms with van der Waals surface area (Å²) < 4.78 is 0. The van der Waals surface area contributed by atoms with E-state index in [-0.39, 0.29) is 18.9 Å². The van der Waals surface area contributed by atoms with Crippen LogP contribution in [0.25, 0.3) is 0 Å². The van der Waals surface area contributed by atoms with Gasteiger partial charge in [0.1, 0.15) is 18.1 Å². The fourth-order valence-electron chi connectivity index (χ4n) is 2.53. The average molecular weight is 416 g/mol. The molecule has 0 saturated heterocycles. The van der Waals surface area contributed by atoms with Crippen LogP contribution in [0.3, 0.4) is 0 Å². The van der Waals surface area contributed by atoms with Crippen molar-refractivity contribution < 1.29 is 34.2 Å². The minimum atomic E-state index is -1.40. The van der Waals surface area contributed by atoms with Gasteiger partial charge in [-0.2, -0.15) is 0 Å². The maximum Gasteiger partial charge on any atom is 0.326 e. The molecule has 11 heteroatoms. The number of hydrogen-bond donors (Lipinski definition) is 6. The van der Waals surface area contributed by atoms with Crippen molar-refractivity contribution in [1.29, 1.82) is 0 Å². The number of rotatable bonds is 13. The van der Waals surface area contributed by atoms with Crippen molar-refractivity contribution >= 4 is 29.7 Å². The predicted octanol–water partition coefficient (Wildman–Crippen LogP) is -0.949. The topological polar surface area (TPSA) is 188 Å². The van der Waals surface area contributed by atoms with Crippen molar-refractivity contribution in [1.82, 2.24) is 16.0 Å².